The first-order valence-corrected chi connectivity index (χ1v) is 6.64. The molecule has 0 amide bonds. The van der Waals surface area contributed by atoms with Crippen LogP contribution >= 0.6 is 0 Å². The second kappa shape index (κ2) is 5.06. The summed E-state index contributed by atoms with van der Waals surface area (Å²) >= 11 is 0. The van der Waals surface area contributed by atoms with E-state index >= 15 is 0 Å². The van der Waals surface area contributed by atoms with Gasteiger partial charge in [-0.25, -0.2) is 0 Å². The van der Waals surface area contributed by atoms with Crippen LogP contribution < -0.4 is 0 Å². The van der Waals surface area contributed by atoms with Crippen molar-refractivity contribution in [1.82, 2.24) is 0 Å². The van der Waals surface area contributed by atoms with Crippen LogP contribution in [0.3, 0.4) is 0 Å². The second-order valence-corrected chi connectivity index (χ2v) is 5.05. The number of ether oxygens (including phenoxy) is 1. The minimum Gasteiger partial charge on any atom is -0.380 e. The molecular weight excluding hydrogens is 248 g/mol. The summed E-state index contributed by atoms with van der Waals surface area (Å²) in [5, 5.41) is 4.62. The van der Waals surface area contributed by atoms with E-state index in [0.717, 1.165) is 21.9 Å². The number of fused-ring (bicyclic) bond motifs is 3. The van der Waals surface area contributed by atoms with Crippen molar-refractivity contribution in [2.24, 2.45) is 0 Å². The molecule has 0 aromatic heterocycles. The predicted molar refractivity (Wildman–Crippen MR) is 82.2 cm³/mol. The summed E-state index contributed by atoms with van der Waals surface area (Å²) in [6, 6.07) is 16.4. The Hall–Kier alpha value is -2.19. The van der Waals surface area contributed by atoms with Gasteiger partial charge in [0.2, 0.25) is 0 Å². The molecule has 20 heavy (non-hydrogen) atoms. The zero-order valence-electron chi connectivity index (χ0n) is 11.6. The Morgan fingerprint density at radius 2 is 1.70 bits per heavy atom. The second-order valence-electron chi connectivity index (χ2n) is 5.05. The third-order valence-corrected chi connectivity index (χ3v) is 3.62. The van der Waals surface area contributed by atoms with E-state index in [0.29, 0.717) is 6.61 Å². The van der Waals surface area contributed by atoms with E-state index in [2.05, 4.69) is 30.3 Å². The normalized spacial score (nSPS) is 11.1. The molecule has 0 N–H and O–H groups in total. The molecule has 0 aliphatic rings. The smallest absolute Gasteiger partial charge is 0.159 e. The Morgan fingerprint density at radius 3 is 2.45 bits per heavy atom. The van der Waals surface area contributed by atoms with Crippen molar-refractivity contribution >= 4 is 27.3 Å². The molecule has 100 valence electrons. The summed E-state index contributed by atoms with van der Waals surface area (Å²) in [5.74, 6) is 0.0971. The first-order chi connectivity index (χ1) is 9.69. The topological polar surface area (TPSA) is 26.3 Å². The highest BCUT2D eigenvalue weighted by atomic mass is 16.5. The minimum absolute atomic E-state index is 0.0971. The van der Waals surface area contributed by atoms with Gasteiger partial charge in [0.15, 0.2) is 5.78 Å². The van der Waals surface area contributed by atoms with E-state index in [-0.39, 0.29) is 5.78 Å². The Morgan fingerprint density at radius 1 is 0.950 bits per heavy atom. The number of hydrogen-bond donors (Lipinski definition) is 0. The molecule has 0 aliphatic heterocycles. The number of carbonyl (C=O) groups excluding carboxylic acids is 1. The van der Waals surface area contributed by atoms with E-state index in [1.54, 1.807) is 14.0 Å². The van der Waals surface area contributed by atoms with Crippen molar-refractivity contribution in [2.75, 3.05) is 7.11 Å². The Kier molecular flexibility index (Phi) is 3.25. The van der Waals surface area contributed by atoms with Crippen LogP contribution in [0.1, 0.15) is 22.8 Å². The SMILES string of the molecule is COCc1ccc2c(ccc3ccc(C(C)=O)cc32)c1. The fourth-order valence-corrected chi connectivity index (χ4v) is 2.59. The quantitative estimate of drug-likeness (QED) is 0.519. The lowest BCUT2D eigenvalue weighted by Gasteiger charge is -2.07. The van der Waals surface area contributed by atoms with Gasteiger partial charge in [0, 0.05) is 12.7 Å². The van der Waals surface area contributed by atoms with Crippen LogP contribution in [0.2, 0.25) is 0 Å². The third kappa shape index (κ3) is 2.19. The molecule has 0 heterocycles. The lowest BCUT2D eigenvalue weighted by molar-refractivity contribution is 0.101. The predicted octanol–water partition coefficient (Wildman–Crippen LogP) is 4.34. The van der Waals surface area contributed by atoms with Crippen LogP contribution in [0, 0.1) is 0 Å². The highest BCUT2D eigenvalue weighted by Crippen LogP contribution is 2.27. The molecule has 3 aromatic rings. The zero-order chi connectivity index (χ0) is 14.1. The van der Waals surface area contributed by atoms with E-state index < -0.39 is 0 Å². The van der Waals surface area contributed by atoms with Crippen molar-refractivity contribution in [3.8, 4) is 0 Å². The average Bonchev–Trinajstić information content (AvgIpc) is 2.46. The van der Waals surface area contributed by atoms with E-state index in [1.165, 1.54) is 10.8 Å². The summed E-state index contributed by atoms with van der Waals surface area (Å²) in [5.41, 5.74) is 1.91. The molecule has 2 heteroatoms. The number of methoxy groups -OCH3 is 1. The summed E-state index contributed by atoms with van der Waals surface area (Å²) in [6.07, 6.45) is 0. The lowest BCUT2D eigenvalue weighted by atomic mass is 9.98. The van der Waals surface area contributed by atoms with Crippen LogP contribution in [0.5, 0.6) is 0 Å². The molecule has 0 fully saturated rings. The Balaban J connectivity index is 2.27. The van der Waals surface area contributed by atoms with Crippen molar-refractivity contribution in [3.05, 3.63) is 59.7 Å². The maximum atomic E-state index is 11.5. The van der Waals surface area contributed by atoms with Gasteiger partial charge in [-0.3, -0.25) is 4.79 Å². The van der Waals surface area contributed by atoms with E-state index in [9.17, 15) is 4.79 Å². The number of ketones is 1. The summed E-state index contributed by atoms with van der Waals surface area (Å²) in [7, 11) is 1.70. The molecule has 0 aliphatic carbocycles. The van der Waals surface area contributed by atoms with E-state index in [1.807, 2.05) is 18.2 Å². The highest BCUT2D eigenvalue weighted by Gasteiger charge is 2.05. The minimum atomic E-state index is 0.0971. The average molecular weight is 264 g/mol. The van der Waals surface area contributed by atoms with Crippen LogP contribution in [0.4, 0.5) is 0 Å². The summed E-state index contributed by atoms with van der Waals surface area (Å²) in [4.78, 5) is 11.5. The van der Waals surface area contributed by atoms with Crippen LogP contribution in [-0.4, -0.2) is 12.9 Å². The molecule has 0 saturated carbocycles. The molecule has 2 nitrogen and oxygen atoms in total. The van der Waals surface area contributed by atoms with Gasteiger partial charge in [0.1, 0.15) is 0 Å². The van der Waals surface area contributed by atoms with Gasteiger partial charge >= 0.3 is 0 Å². The maximum Gasteiger partial charge on any atom is 0.159 e. The number of hydrogen-bond acceptors (Lipinski definition) is 2. The Bertz CT molecular complexity index is 803. The molecule has 0 bridgehead atoms. The van der Waals surface area contributed by atoms with Gasteiger partial charge in [0.25, 0.3) is 0 Å². The lowest BCUT2D eigenvalue weighted by Crippen LogP contribution is -1.92. The standard InChI is InChI=1S/C18H16O2/c1-12(19)15-6-4-14-5-7-16-9-13(11-20-2)3-8-17(16)18(14)10-15/h3-10H,11H2,1-2H3. The first-order valence-electron chi connectivity index (χ1n) is 6.64. The fraction of sp³-hybridized carbons (Fsp3) is 0.167. The van der Waals surface area contributed by atoms with E-state index in [4.69, 9.17) is 4.74 Å². The number of rotatable bonds is 3. The zero-order valence-corrected chi connectivity index (χ0v) is 11.6. The first kappa shape index (κ1) is 12.8. The largest absolute Gasteiger partial charge is 0.380 e. The van der Waals surface area contributed by atoms with Crippen molar-refractivity contribution in [3.63, 3.8) is 0 Å². The van der Waals surface area contributed by atoms with Gasteiger partial charge in [-0.05, 0) is 46.2 Å². The molecule has 0 saturated heterocycles. The van der Waals surface area contributed by atoms with Crippen LogP contribution in [-0.2, 0) is 11.3 Å². The summed E-state index contributed by atoms with van der Waals surface area (Å²) in [6.45, 7) is 2.21. The molecule has 3 rings (SSSR count). The van der Waals surface area contributed by atoms with Crippen molar-refractivity contribution in [2.45, 2.75) is 13.5 Å². The number of Topliss-reactive ketones (excluding diaryl/α,β-unsaturated/α-hetero) is 1. The van der Waals surface area contributed by atoms with Crippen molar-refractivity contribution < 1.29 is 9.53 Å². The molecule has 0 atom stereocenters. The van der Waals surface area contributed by atoms with Gasteiger partial charge < -0.3 is 4.74 Å². The number of benzene rings is 3. The van der Waals surface area contributed by atoms with Crippen LogP contribution in [0.15, 0.2) is 48.5 Å². The molecule has 3 aromatic carbocycles. The highest BCUT2D eigenvalue weighted by molar-refractivity contribution is 6.10. The van der Waals surface area contributed by atoms with Gasteiger partial charge in [-0.1, -0.05) is 36.4 Å². The molecular formula is C18H16O2. The monoisotopic (exact) mass is 264 g/mol. The fourth-order valence-electron chi connectivity index (χ4n) is 2.59. The molecule has 0 radical (unpaired) electrons. The molecule has 0 spiro atoms. The maximum absolute atomic E-state index is 11.5. The van der Waals surface area contributed by atoms with Crippen LogP contribution in [0.25, 0.3) is 21.5 Å². The summed E-state index contributed by atoms with van der Waals surface area (Å²) < 4.78 is 5.17. The molecule has 0 unspecified atom stereocenters. The Labute approximate surface area is 118 Å². The number of carbonyl (C=O) groups is 1. The van der Waals surface area contributed by atoms with Gasteiger partial charge in [0.05, 0.1) is 6.61 Å². The van der Waals surface area contributed by atoms with Gasteiger partial charge in [-0.2, -0.15) is 0 Å². The van der Waals surface area contributed by atoms with Gasteiger partial charge in [-0.15, -0.1) is 0 Å². The third-order valence-electron chi connectivity index (χ3n) is 3.62. The van der Waals surface area contributed by atoms with Crippen molar-refractivity contribution in [1.29, 1.82) is 0 Å².